The van der Waals surface area contributed by atoms with Crippen LogP contribution in [0, 0.1) is 0 Å². The van der Waals surface area contributed by atoms with Crippen molar-refractivity contribution in [3.8, 4) is 0 Å². The number of halogens is 5. The van der Waals surface area contributed by atoms with E-state index in [9.17, 15) is 13.2 Å². The summed E-state index contributed by atoms with van der Waals surface area (Å²) in [5.74, 6) is 0. The Morgan fingerprint density at radius 3 is 2.27 bits per heavy atom. The van der Waals surface area contributed by atoms with E-state index in [2.05, 4.69) is 0 Å². The number of anilines is 1. The van der Waals surface area contributed by atoms with Crippen molar-refractivity contribution in [3.05, 3.63) is 28.3 Å². The molecule has 0 bridgehead atoms. The lowest BCUT2D eigenvalue weighted by molar-refractivity contribution is -0.137. The number of nitrogen functional groups attached to an aromatic ring is 1. The van der Waals surface area contributed by atoms with E-state index < -0.39 is 22.8 Å². The van der Waals surface area contributed by atoms with Gasteiger partial charge in [-0.15, -0.1) is 11.6 Å². The predicted octanol–water partition coefficient (Wildman–Crippen LogP) is 4.24. The highest BCUT2D eigenvalue weighted by Crippen LogP contribution is 2.41. The van der Waals surface area contributed by atoms with Crippen molar-refractivity contribution in [3.63, 3.8) is 0 Å². The van der Waals surface area contributed by atoms with E-state index in [0.29, 0.717) is 0 Å². The highest BCUT2D eigenvalue weighted by molar-refractivity contribution is 6.31. The summed E-state index contributed by atoms with van der Waals surface area (Å²) < 4.78 is 37.9. The summed E-state index contributed by atoms with van der Waals surface area (Å²) in [5, 5.41) is -0.661. The molecule has 0 aliphatic carbocycles. The average Bonchev–Trinajstić information content (AvgIpc) is 1.99. The molecule has 0 radical (unpaired) electrons. The molecule has 0 aliphatic rings. The van der Waals surface area contributed by atoms with Gasteiger partial charge in [-0.1, -0.05) is 11.6 Å². The van der Waals surface area contributed by atoms with Gasteiger partial charge in [-0.25, -0.2) is 0 Å². The minimum atomic E-state index is -4.52. The second-order valence-electron chi connectivity index (χ2n) is 3.07. The Kier molecular flexibility index (Phi) is 3.41. The number of alkyl halides is 4. The maximum absolute atomic E-state index is 12.6. The highest BCUT2D eigenvalue weighted by atomic mass is 35.5. The fourth-order valence-electron chi connectivity index (χ4n) is 1.29. The van der Waals surface area contributed by atoms with Gasteiger partial charge in [-0.05, 0) is 24.6 Å². The summed E-state index contributed by atoms with van der Waals surface area (Å²) in [6.45, 7) is 1.43. The zero-order valence-electron chi connectivity index (χ0n) is 7.70. The average molecular weight is 258 g/mol. The molecule has 1 atom stereocenters. The number of benzene rings is 1. The highest BCUT2D eigenvalue weighted by Gasteiger charge is 2.36. The zero-order valence-corrected chi connectivity index (χ0v) is 9.21. The van der Waals surface area contributed by atoms with Crippen molar-refractivity contribution in [2.45, 2.75) is 18.5 Å². The van der Waals surface area contributed by atoms with Gasteiger partial charge in [-0.2, -0.15) is 13.2 Å². The fourth-order valence-corrected chi connectivity index (χ4v) is 1.70. The third-order valence-electron chi connectivity index (χ3n) is 1.88. The summed E-state index contributed by atoms with van der Waals surface area (Å²) in [7, 11) is 0. The lowest BCUT2D eigenvalue weighted by Gasteiger charge is -2.17. The van der Waals surface area contributed by atoms with Gasteiger partial charge in [0.15, 0.2) is 0 Å². The molecule has 0 amide bonds. The smallest absolute Gasteiger partial charge is 0.398 e. The Labute approximate surface area is 95.0 Å². The molecule has 1 nitrogen and oxygen atoms in total. The molecule has 84 valence electrons. The van der Waals surface area contributed by atoms with Gasteiger partial charge < -0.3 is 5.73 Å². The Balaban J connectivity index is 3.48. The van der Waals surface area contributed by atoms with E-state index in [4.69, 9.17) is 28.9 Å². The first-order valence-electron chi connectivity index (χ1n) is 4.03. The summed E-state index contributed by atoms with van der Waals surface area (Å²) in [6.07, 6.45) is -4.52. The number of nitrogens with two attached hydrogens (primary N) is 1. The van der Waals surface area contributed by atoms with E-state index >= 15 is 0 Å². The second kappa shape index (κ2) is 4.10. The van der Waals surface area contributed by atoms with Gasteiger partial charge in [0.2, 0.25) is 0 Å². The van der Waals surface area contributed by atoms with E-state index in [1.807, 2.05) is 0 Å². The summed E-state index contributed by atoms with van der Waals surface area (Å²) in [6, 6.07) is 2.24. The van der Waals surface area contributed by atoms with Crippen molar-refractivity contribution >= 4 is 28.9 Å². The normalized spacial score (nSPS) is 14.0. The van der Waals surface area contributed by atoms with Crippen LogP contribution in [-0.4, -0.2) is 0 Å². The molecular formula is C9H8Cl2F3N. The fraction of sp³-hybridized carbons (Fsp3) is 0.333. The quantitative estimate of drug-likeness (QED) is 0.591. The third-order valence-corrected chi connectivity index (χ3v) is 2.33. The van der Waals surface area contributed by atoms with E-state index in [-0.39, 0.29) is 10.6 Å². The standard InChI is InChI=1S/C9H8Cl2F3N/c1-4(10)6-2-5(11)3-7(15)8(6)9(12,13)14/h2-4H,15H2,1H3. The predicted molar refractivity (Wildman–Crippen MR) is 55.1 cm³/mol. The summed E-state index contributed by atoms with van der Waals surface area (Å²) in [5.41, 5.74) is 3.87. The van der Waals surface area contributed by atoms with Crippen molar-refractivity contribution in [2.24, 2.45) is 0 Å². The first-order valence-corrected chi connectivity index (χ1v) is 4.85. The molecule has 0 heterocycles. The molecule has 0 aliphatic heterocycles. The van der Waals surface area contributed by atoms with Crippen LogP contribution in [0.1, 0.15) is 23.4 Å². The van der Waals surface area contributed by atoms with Crippen LogP contribution < -0.4 is 5.73 Å². The Morgan fingerprint density at radius 2 is 1.87 bits per heavy atom. The molecule has 15 heavy (non-hydrogen) atoms. The van der Waals surface area contributed by atoms with Gasteiger partial charge in [0.05, 0.1) is 10.9 Å². The van der Waals surface area contributed by atoms with Crippen LogP contribution in [-0.2, 0) is 6.18 Å². The first kappa shape index (κ1) is 12.5. The molecule has 6 heteroatoms. The van der Waals surface area contributed by atoms with Gasteiger partial charge >= 0.3 is 6.18 Å². The SMILES string of the molecule is CC(Cl)c1cc(Cl)cc(N)c1C(F)(F)F. The van der Waals surface area contributed by atoms with Crippen LogP contribution in [0.3, 0.4) is 0 Å². The third kappa shape index (κ3) is 2.69. The van der Waals surface area contributed by atoms with Gasteiger partial charge in [0, 0.05) is 10.7 Å². The summed E-state index contributed by atoms with van der Waals surface area (Å²) >= 11 is 11.3. The lowest BCUT2D eigenvalue weighted by Crippen LogP contribution is -2.13. The maximum Gasteiger partial charge on any atom is 0.418 e. The molecule has 2 N–H and O–H groups in total. The Hall–Kier alpha value is -0.610. The molecule has 1 aromatic carbocycles. The molecule has 0 fully saturated rings. The molecule has 0 aromatic heterocycles. The number of hydrogen-bond acceptors (Lipinski definition) is 1. The molecule has 1 aromatic rings. The minimum absolute atomic E-state index is 0.103. The van der Waals surface area contributed by atoms with Crippen LogP contribution in [0.2, 0.25) is 5.02 Å². The second-order valence-corrected chi connectivity index (χ2v) is 4.16. The van der Waals surface area contributed by atoms with Crippen LogP contribution in [0.5, 0.6) is 0 Å². The van der Waals surface area contributed by atoms with E-state index in [1.165, 1.54) is 13.0 Å². The monoisotopic (exact) mass is 257 g/mol. The molecule has 1 rings (SSSR count). The minimum Gasteiger partial charge on any atom is -0.398 e. The molecule has 0 saturated heterocycles. The first-order chi connectivity index (χ1) is 6.73. The number of hydrogen-bond donors (Lipinski definition) is 1. The molecular weight excluding hydrogens is 250 g/mol. The number of rotatable bonds is 1. The van der Waals surface area contributed by atoms with Crippen LogP contribution in [0.25, 0.3) is 0 Å². The van der Waals surface area contributed by atoms with Crippen molar-refractivity contribution in [1.29, 1.82) is 0 Å². The van der Waals surface area contributed by atoms with Crippen molar-refractivity contribution in [1.82, 2.24) is 0 Å². The largest absolute Gasteiger partial charge is 0.418 e. The lowest BCUT2D eigenvalue weighted by atomic mass is 10.0. The molecule has 0 spiro atoms. The topological polar surface area (TPSA) is 26.0 Å². The van der Waals surface area contributed by atoms with Crippen LogP contribution >= 0.6 is 23.2 Å². The van der Waals surface area contributed by atoms with Crippen molar-refractivity contribution in [2.75, 3.05) is 5.73 Å². The Morgan fingerprint density at radius 1 is 1.33 bits per heavy atom. The zero-order chi connectivity index (χ0) is 11.8. The maximum atomic E-state index is 12.6. The summed E-state index contributed by atoms with van der Waals surface area (Å²) in [4.78, 5) is 0. The van der Waals surface area contributed by atoms with E-state index in [1.54, 1.807) is 0 Å². The van der Waals surface area contributed by atoms with Crippen LogP contribution in [0.15, 0.2) is 12.1 Å². The molecule has 0 saturated carbocycles. The van der Waals surface area contributed by atoms with Gasteiger partial charge in [0.1, 0.15) is 0 Å². The van der Waals surface area contributed by atoms with Crippen molar-refractivity contribution < 1.29 is 13.2 Å². The van der Waals surface area contributed by atoms with Gasteiger partial charge in [0.25, 0.3) is 0 Å². The molecule has 1 unspecified atom stereocenters. The van der Waals surface area contributed by atoms with E-state index in [0.717, 1.165) is 6.07 Å². The van der Waals surface area contributed by atoms with Crippen LogP contribution in [0.4, 0.5) is 18.9 Å². The van der Waals surface area contributed by atoms with Gasteiger partial charge in [-0.3, -0.25) is 0 Å². The Bertz CT molecular complexity index is 374.